The van der Waals surface area contributed by atoms with Crippen molar-refractivity contribution in [3.8, 4) is 0 Å². The largest absolute Gasteiger partial charge is 0.318 e. The Bertz CT molecular complexity index is 531. The minimum absolute atomic E-state index is 0.0740. The fraction of sp³-hybridized carbons (Fsp3) is 0.538. The molecule has 1 aliphatic heterocycles. The van der Waals surface area contributed by atoms with Crippen LogP contribution in [0.15, 0.2) is 34.1 Å². The molecule has 1 aromatic rings. The molecule has 0 bridgehead atoms. The van der Waals surface area contributed by atoms with Crippen LogP contribution in [0.2, 0.25) is 0 Å². The number of hydrogen-bond acceptors (Lipinski definition) is 4. The molecule has 1 atom stereocenters. The van der Waals surface area contributed by atoms with E-state index < -0.39 is 10.0 Å². The number of nitrogens with zero attached hydrogens (tertiary/aromatic N) is 1. The zero-order valence-electron chi connectivity index (χ0n) is 11.3. The molecule has 1 saturated heterocycles. The van der Waals surface area contributed by atoms with Crippen LogP contribution in [-0.2, 0) is 10.0 Å². The molecule has 1 heterocycles. The van der Waals surface area contributed by atoms with Gasteiger partial charge in [0.1, 0.15) is 0 Å². The Kier molecular flexibility index (Phi) is 4.89. The highest BCUT2D eigenvalue weighted by molar-refractivity contribution is 7.99. The second-order valence-electron chi connectivity index (χ2n) is 4.62. The fourth-order valence-electron chi connectivity index (χ4n) is 2.52. The van der Waals surface area contributed by atoms with Crippen LogP contribution in [0.4, 0.5) is 0 Å². The number of nitrogens with one attached hydrogen (secondary N) is 1. The zero-order valence-corrected chi connectivity index (χ0v) is 12.9. The van der Waals surface area contributed by atoms with Crippen LogP contribution in [0.5, 0.6) is 0 Å². The van der Waals surface area contributed by atoms with Gasteiger partial charge in [0, 0.05) is 24.0 Å². The lowest BCUT2D eigenvalue weighted by molar-refractivity contribution is 0.378. The summed E-state index contributed by atoms with van der Waals surface area (Å²) in [6, 6.07) is 7.30. The van der Waals surface area contributed by atoms with E-state index in [2.05, 4.69) is 5.32 Å². The van der Waals surface area contributed by atoms with Crippen LogP contribution in [0.1, 0.15) is 12.8 Å². The Balaban J connectivity index is 2.36. The molecule has 6 heteroatoms. The Morgan fingerprint density at radius 2 is 2.16 bits per heavy atom. The molecule has 0 saturated carbocycles. The minimum Gasteiger partial charge on any atom is -0.318 e. The summed E-state index contributed by atoms with van der Waals surface area (Å²) in [5.41, 5.74) is 0. The quantitative estimate of drug-likeness (QED) is 0.842. The molecule has 1 N–H and O–H groups in total. The van der Waals surface area contributed by atoms with Crippen molar-refractivity contribution in [3.63, 3.8) is 0 Å². The summed E-state index contributed by atoms with van der Waals surface area (Å²) in [6.07, 6.45) is 3.78. The first-order valence-electron chi connectivity index (χ1n) is 6.40. The average molecular weight is 300 g/mol. The van der Waals surface area contributed by atoms with Crippen molar-refractivity contribution in [1.29, 1.82) is 0 Å². The first-order chi connectivity index (χ1) is 9.11. The molecular formula is C13H20N2O2S2. The van der Waals surface area contributed by atoms with Gasteiger partial charge in [-0.2, -0.15) is 4.31 Å². The van der Waals surface area contributed by atoms with E-state index in [4.69, 9.17) is 0 Å². The molecule has 0 radical (unpaired) electrons. The van der Waals surface area contributed by atoms with Gasteiger partial charge in [-0.15, -0.1) is 11.8 Å². The second kappa shape index (κ2) is 6.26. The lowest BCUT2D eigenvalue weighted by Crippen LogP contribution is -2.40. The van der Waals surface area contributed by atoms with Crippen molar-refractivity contribution in [2.45, 2.75) is 28.7 Å². The number of benzene rings is 1. The Labute approximate surface area is 119 Å². The molecule has 0 aliphatic carbocycles. The number of sulfonamides is 1. The van der Waals surface area contributed by atoms with E-state index in [0.29, 0.717) is 18.0 Å². The minimum atomic E-state index is -3.38. The van der Waals surface area contributed by atoms with Crippen molar-refractivity contribution < 1.29 is 8.42 Å². The van der Waals surface area contributed by atoms with Gasteiger partial charge in [-0.3, -0.25) is 0 Å². The van der Waals surface area contributed by atoms with E-state index in [-0.39, 0.29) is 6.04 Å². The van der Waals surface area contributed by atoms with Crippen molar-refractivity contribution in [2.75, 3.05) is 26.4 Å². The van der Waals surface area contributed by atoms with E-state index in [1.54, 1.807) is 16.4 Å². The maximum Gasteiger partial charge on any atom is 0.244 e. The molecule has 1 aromatic carbocycles. The maximum absolute atomic E-state index is 12.8. The summed E-state index contributed by atoms with van der Waals surface area (Å²) >= 11 is 1.47. The molecule has 0 spiro atoms. The predicted octanol–water partition coefficient (Wildman–Crippen LogP) is 1.78. The van der Waals surface area contributed by atoms with E-state index in [1.807, 2.05) is 25.4 Å². The standard InChI is InChI=1S/C13H20N2O2S2/c1-14-10-11-6-5-9-15(11)19(16,17)13-8-4-3-7-12(13)18-2/h3-4,7-8,11,14H,5-6,9-10H2,1-2H3. The molecule has 1 aliphatic rings. The number of hydrogen-bond donors (Lipinski definition) is 1. The SMILES string of the molecule is CNCC1CCCN1S(=O)(=O)c1ccccc1SC. The van der Waals surface area contributed by atoms with Gasteiger partial charge in [0.25, 0.3) is 0 Å². The molecule has 19 heavy (non-hydrogen) atoms. The lowest BCUT2D eigenvalue weighted by Gasteiger charge is -2.24. The lowest BCUT2D eigenvalue weighted by atomic mass is 10.2. The summed E-state index contributed by atoms with van der Waals surface area (Å²) in [5.74, 6) is 0. The highest BCUT2D eigenvalue weighted by Crippen LogP contribution is 2.31. The normalized spacial score (nSPS) is 20.8. The summed E-state index contributed by atoms with van der Waals surface area (Å²) < 4.78 is 27.2. The molecule has 106 valence electrons. The van der Waals surface area contributed by atoms with Crippen LogP contribution in [0.3, 0.4) is 0 Å². The van der Waals surface area contributed by atoms with Gasteiger partial charge in [0.15, 0.2) is 0 Å². The van der Waals surface area contributed by atoms with Gasteiger partial charge in [-0.1, -0.05) is 12.1 Å². The average Bonchev–Trinajstić information content (AvgIpc) is 2.88. The van der Waals surface area contributed by atoms with Crippen LogP contribution in [0, 0.1) is 0 Å². The summed E-state index contributed by atoms with van der Waals surface area (Å²) in [5, 5.41) is 3.08. The van der Waals surface area contributed by atoms with Gasteiger partial charge >= 0.3 is 0 Å². The zero-order chi connectivity index (χ0) is 13.9. The summed E-state index contributed by atoms with van der Waals surface area (Å²) in [7, 11) is -1.52. The van der Waals surface area contributed by atoms with E-state index in [0.717, 1.165) is 17.7 Å². The highest BCUT2D eigenvalue weighted by Gasteiger charge is 2.35. The first kappa shape index (κ1) is 14.8. The molecule has 4 nitrogen and oxygen atoms in total. The molecule has 0 amide bonds. The topological polar surface area (TPSA) is 49.4 Å². The van der Waals surface area contributed by atoms with Gasteiger partial charge < -0.3 is 5.32 Å². The van der Waals surface area contributed by atoms with Gasteiger partial charge in [0.05, 0.1) is 4.90 Å². The first-order valence-corrected chi connectivity index (χ1v) is 9.07. The summed E-state index contributed by atoms with van der Waals surface area (Å²) in [4.78, 5) is 1.25. The molecule has 1 fully saturated rings. The third-order valence-electron chi connectivity index (χ3n) is 3.42. The summed E-state index contributed by atoms with van der Waals surface area (Å²) in [6.45, 7) is 1.33. The van der Waals surface area contributed by atoms with E-state index in [1.165, 1.54) is 11.8 Å². The fourth-order valence-corrected chi connectivity index (χ4v) is 5.34. The van der Waals surface area contributed by atoms with Gasteiger partial charge in [-0.05, 0) is 38.3 Å². The molecule has 2 rings (SSSR count). The van der Waals surface area contributed by atoms with Crippen LogP contribution < -0.4 is 5.32 Å². The molecule has 1 unspecified atom stereocenters. The third kappa shape index (κ3) is 2.97. The Hall–Kier alpha value is -0.560. The monoisotopic (exact) mass is 300 g/mol. The van der Waals surface area contributed by atoms with Crippen molar-refractivity contribution in [2.24, 2.45) is 0 Å². The smallest absolute Gasteiger partial charge is 0.244 e. The maximum atomic E-state index is 12.8. The van der Waals surface area contributed by atoms with Gasteiger partial charge in [0.2, 0.25) is 10.0 Å². The Morgan fingerprint density at radius 3 is 2.84 bits per heavy atom. The van der Waals surface area contributed by atoms with E-state index >= 15 is 0 Å². The van der Waals surface area contributed by atoms with Crippen LogP contribution >= 0.6 is 11.8 Å². The van der Waals surface area contributed by atoms with Gasteiger partial charge in [-0.25, -0.2) is 8.42 Å². The van der Waals surface area contributed by atoms with E-state index in [9.17, 15) is 8.42 Å². The van der Waals surface area contributed by atoms with Crippen LogP contribution in [0.25, 0.3) is 0 Å². The molecular weight excluding hydrogens is 280 g/mol. The highest BCUT2D eigenvalue weighted by atomic mass is 32.2. The van der Waals surface area contributed by atoms with Crippen molar-refractivity contribution in [1.82, 2.24) is 9.62 Å². The Morgan fingerprint density at radius 1 is 1.42 bits per heavy atom. The van der Waals surface area contributed by atoms with Crippen molar-refractivity contribution in [3.05, 3.63) is 24.3 Å². The van der Waals surface area contributed by atoms with Crippen molar-refractivity contribution >= 4 is 21.8 Å². The number of rotatable bonds is 5. The second-order valence-corrected chi connectivity index (χ2v) is 7.33. The number of likely N-dealkylation sites (N-methyl/N-ethyl adjacent to an activating group) is 1. The van der Waals surface area contributed by atoms with Crippen LogP contribution in [-0.4, -0.2) is 45.2 Å². The number of thioether (sulfide) groups is 1. The molecule has 0 aromatic heterocycles. The predicted molar refractivity (Wildman–Crippen MR) is 79.1 cm³/mol. The third-order valence-corrected chi connectivity index (χ3v) is 6.35.